The summed E-state index contributed by atoms with van der Waals surface area (Å²) in [6, 6.07) is 7.80. The minimum absolute atomic E-state index is 0.0878. The Morgan fingerprint density at radius 2 is 2.14 bits per heavy atom. The molecule has 1 heterocycles. The molecule has 0 radical (unpaired) electrons. The third-order valence-corrected chi connectivity index (χ3v) is 3.63. The van der Waals surface area contributed by atoms with E-state index in [-0.39, 0.29) is 11.6 Å². The third kappa shape index (κ3) is 3.23. The van der Waals surface area contributed by atoms with E-state index in [1.807, 2.05) is 45.0 Å². The number of hydrogen-bond donors (Lipinski definition) is 2. The summed E-state index contributed by atoms with van der Waals surface area (Å²) >= 11 is 0. The van der Waals surface area contributed by atoms with E-state index in [4.69, 9.17) is 11.6 Å². The predicted molar refractivity (Wildman–Crippen MR) is 87.1 cm³/mol. The molecule has 0 spiro atoms. The molecule has 0 aliphatic heterocycles. The highest BCUT2D eigenvalue weighted by atomic mass is 16.1. The number of nitrogens with zero attached hydrogens (tertiary/aromatic N) is 3. The van der Waals surface area contributed by atoms with E-state index < -0.39 is 5.91 Å². The van der Waals surface area contributed by atoms with Gasteiger partial charge in [-0.05, 0) is 26.3 Å². The van der Waals surface area contributed by atoms with Gasteiger partial charge in [0, 0.05) is 17.8 Å². The third-order valence-electron chi connectivity index (χ3n) is 3.63. The number of hydrogen-bond acceptors (Lipinski definition) is 5. The fourth-order valence-corrected chi connectivity index (χ4v) is 2.08. The minimum Gasteiger partial charge on any atom is -0.365 e. The van der Waals surface area contributed by atoms with Gasteiger partial charge in [0.05, 0.1) is 11.3 Å². The van der Waals surface area contributed by atoms with Crippen molar-refractivity contribution in [2.75, 3.05) is 5.01 Å². The second kappa shape index (κ2) is 6.53. The lowest BCUT2D eigenvalue weighted by molar-refractivity contribution is 0.100. The van der Waals surface area contributed by atoms with E-state index in [9.17, 15) is 4.79 Å². The van der Waals surface area contributed by atoms with Gasteiger partial charge in [-0.1, -0.05) is 30.7 Å². The summed E-state index contributed by atoms with van der Waals surface area (Å²) in [7, 11) is 0. The van der Waals surface area contributed by atoms with Crippen LogP contribution in [-0.2, 0) is 0 Å². The minimum atomic E-state index is -0.560. The standard InChI is InChI=1S/C16H21N5O/c1-4-11(3)21(18)16-19-9-13(15(17)22)14(20-16)12-7-5-6-10(2)8-12/h5-9,11H,4,18H2,1-3H3,(H2,17,22). The number of primary amides is 1. The van der Waals surface area contributed by atoms with Crippen molar-refractivity contribution in [3.05, 3.63) is 41.6 Å². The molecular weight excluding hydrogens is 278 g/mol. The number of nitrogens with two attached hydrogens (primary N) is 2. The molecule has 1 unspecified atom stereocenters. The van der Waals surface area contributed by atoms with Gasteiger partial charge in [0.25, 0.3) is 5.91 Å². The lowest BCUT2D eigenvalue weighted by Gasteiger charge is -2.23. The lowest BCUT2D eigenvalue weighted by atomic mass is 10.0. The molecule has 116 valence electrons. The maximum absolute atomic E-state index is 11.6. The number of benzene rings is 1. The molecule has 0 saturated carbocycles. The van der Waals surface area contributed by atoms with Crippen LogP contribution in [0.1, 0.15) is 36.2 Å². The zero-order valence-corrected chi connectivity index (χ0v) is 13.1. The van der Waals surface area contributed by atoms with Crippen molar-refractivity contribution in [3.63, 3.8) is 0 Å². The molecule has 0 aliphatic rings. The number of amides is 1. The van der Waals surface area contributed by atoms with Gasteiger partial charge in [-0.25, -0.2) is 15.8 Å². The molecule has 0 saturated heterocycles. The Bertz CT molecular complexity index is 686. The van der Waals surface area contributed by atoms with Gasteiger partial charge < -0.3 is 5.73 Å². The van der Waals surface area contributed by atoms with E-state index >= 15 is 0 Å². The van der Waals surface area contributed by atoms with E-state index in [0.717, 1.165) is 17.5 Å². The number of rotatable bonds is 5. The van der Waals surface area contributed by atoms with Crippen molar-refractivity contribution in [2.24, 2.45) is 11.6 Å². The van der Waals surface area contributed by atoms with Crippen LogP contribution in [-0.4, -0.2) is 21.9 Å². The Balaban J connectivity index is 2.56. The van der Waals surface area contributed by atoms with E-state index in [2.05, 4.69) is 9.97 Å². The fraction of sp³-hybridized carbons (Fsp3) is 0.312. The Kier molecular flexibility index (Phi) is 4.72. The average molecular weight is 299 g/mol. The first kappa shape index (κ1) is 15.9. The monoisotopic (exact) mass is 299 g/mol. The largest absolute Gasteiger partial charge is 0.365 e. The van der Waals surface area contributed by atoms with Crippen LogP contribution in [0.5, 0.6) is 0 Å². The SMILES string of the molecule is CCC(C)N(N)c1ncc(C(N)=O)c(-c2cccc(C)c2)n1. The highest BCUT2D eigenvalue weighted by Gasteiger charge is 2.18. The molecule has 0 bridgehead atoms. The number of anilines is 1. The van der Waals surface area contributed by atoms with Crippen molar-refractivity contribution >= 4 is 11.9 Å². The number of aromatic nitrogens is 2. The van der Waals surface area contributed by atoms with Crippen LogP contribution >= 0.6 is 0 Å². The quantitative estimate of drug-likeness (QED) is 0.650. The maximum atomic E-state index is 11.6. The summed E-state index contributed by atoms with van der Waals surface area (Å²) in [5.74, 6) is 5.86. The second-order valence-corrected chi connectivity index (χ2v) is 5.33. The molecule has 2 aromatic rings. The van der Waals surface area contributed by atoms with Gasteiger partial charge in [-0.3, -0.25) is 9.80 Å². The molecule has 1 aromatic heterocycles. The van der Waals surface area contributed by atoms with Crippen molar-refractivity contribution in [3.8, 4) is 11.3 Å². The number of aryl methyl sites for hydroxylation is 1. The van der Waals surface area contributed by atoms with E-state index in [1.165, 1.54) is 11.2 Å². The summed E-state index contributed by atoms with van der Waals surface area (Å²) in [5, 5.41) is 1.50. The first-order chi connectivity index (χ1) is 10.4. The number of carbonyl (C=O) groups excluding carboxylic acids is 1. The van der Waals surface area contributed by atoms with Gasteiger partial charge in [-0.15, -0.1) is 0 Å². The van der Waals surface area contributed by atoms with Gasteiger partial charge in [0.2, 0.25) is 5.95 Å². The van der Waals surface area contributed by atoms with Crippen LogP contribution in [0.4, 0.5) is 5.95 Å². The maximum Gasteiger partial charge on any atom is 0.252 e. The molecule has 22 heavy (non-hydrogen) atoms. The topological polar surface area (TPSA) is 98.1 Å². The molecule has 4 N–H and O–H groups in total. The van der Waals surface area contributed by atoms with Crippen LogP contribution in [0.15, 0.2) is 30.5 Å². The lowest BCUT2D eigenvalue weighted by Crippen LogP contribution is -2.40. The Labute approximate surface area is 130 Å². The normalized spacial score (nSPS) is 12.0. The van der Waals surface area contributed by atoms with Crippen LogP contribution in [0.2, 0.25) is 0 Å². The fourth-order valence-electron chi connectivity index (χ4n) is 2.08. The zero-order chi connectivity index (χ0) is 16.3. The molecule has 1 aromatic carbocycles. The van der Waals surface area contributed by atoms with Crippen LogP contribution in [0, 0.1) is 6.92 Å². The summed E-state index contributed by atoms with van der Waals surface area (Å²) < 4.78 is 0. The first-order valence-electron chi connectivity index (χ1n) is 7.21. The van der Waals surface area contributed by atoms with Crippen molar-refractivity contribution < 1.29 is 4.79 Å². The summed E-state index contributed by atoms with van der Waals surface area (Å²) in [6.45, 7) is 5.99. The molecule has 0 fully saturated rings. The van der Waals surface area contributed by atoms with Gasteiger partial charge in [0.15, 0.2) is 0 Å². The molecule has 6 heteroatoms. The average Bonchev–Trinajstić information content (AvgIpc) is 2.52. The van der Waals surface area contributed by atoms with Gasteiger partial charge in [0.1, 0.15) is 0 Å². The molecular formula is C16H21N5O. The van der Waals surface area contributed by atoms with Crippen molar-refractivity contribution in [1.82, 2.24) is 9.97 Å². The summed E-state index contributed by atoms with van der Waals surface area (Å²) in [5.41, 5.74) is 8.11. The Hall–Kier alpha value is -2.47. The summed E-state index contributed by atoms with van der Waals surface area (Å²) in [4.78, 5) is 20.3. The second-order valence-electron chi connectivity index (χ2n) is 5.33. The van der Waals surface area contributed by atoms with E-state index in [1.54, 1.807) is 0 Å². The predicted octanol–water partition coefficient (Wildman–Crippen LogP) is 2.03. The van der Waals surface area contributed by atoms with Gasteiger partial charge >= 0.3 is 0 Å². The van der Waals surface area contributed by atoms with Crippen LogP contribution < -0.4 is 16.6 Å². The summed E-state index contributed by atoms with van der Waals surface area (Å²) in [6.07, 6.45) is 2.29. The molecule has 2 rings (SSSR count). The number of hydrazine groups is 1. The highest BCUT2D eigenvalue weighted by molar-refractivity contribution is 5.98. The van der Waals surface area contributed by atoms with Crippen LogP contribution in [0.3, 0.4) is 0 Å². The van der Waals surface area contributed by atoms with Crippen molar-refractivity contribution in [2.45, 2.75) is 33.2 Å². The molecule has 6 nitrogen and oxygen atoms in total. The van der Waals surface area contributed by atoms with Crippen molar-refractivity contribution in [1.29, 1.82) is 0 Å². The number of carbonyl (C=O) groups is 1. The molecule has 1 amide bonds. The Morgan fingerprint density at radius 3 is 2.73 bits per heavy atom. The first-order valence-corrected chi connectivity index (χ1v) is 7.21. The zero-order valence-electron chi connectivity index (χ0n) is 13.1. The van der Waals surface area contributed by atoms with E-state index in [0.29, 0.717) is 11.6 Å². The highest BCUT2D eigenvalue weighted by Crippen LogP contribution is 2.24. The van der Waals surface area contributed by atoms with Crippen LogP contribution in [0.25, 0.3) is 11.3 Å². The molecule has 1 atom stereocenters. The smallest absolute Gasteiger partial charge is 0.252 e. The van der Waals surface area contributed by atoms with Gasteiger partial charge in [-0.2, -0.15) is 0 Å². The molecule has 0 aliphatic carbocycles. The Morgan fingerprint density at radius 1 is 1.41 bits per heavy atom.